The van der Waals surface area contributed by atoms with Crippen molar-refractivity contribution in [1.29, 1.82) is 5.26 Å². The Bertz CT molecular complexity index is 699. The van der Waals surface area contributed by atoms with E-state index < -0.39 is 10.0 Å². The summed E-state index contributed by atoms with van der Waals surface area (Å²) in [7, 11) is -0.0841. The molecule has 0 bridgehead atoms. The topological polar surface area (TPSA) is 64.4 Å². The average molecular weight is 342 g/mol. The number of sulfonamides is 1. The van der Waals surface area contributed by atoms with Crippen molar-refractivity contribution in [2.75, 3.05) is 27.2 Å². The summed E-state index contributed by atoms with van der Waals surface area (Å²) in [4.78, 5) is 2.22. The second kappa shape index (κ2) is 6.55. The number of hydrogen-bond acceptors (Lipinski definition) is 4. The molecule has 120 valence electrons. The first-order valence-corrected chi connectivity index (χ1v) is 8.95. The highest BCUT2D eigenvalue weighted by Gasteiger charge is 2.35. The van der Waals surface area contributed by atoms with Gasteiger partial charge in [-0.3, -0.25) is 0 Å². The van der Waals surface area contributed by atoms with Crippen molar-refractivity contribution < 1.29 is 8.42 Å². The molecule has 0 saturated carbocycles. The lowest BCUT2D eigenvalue weighted by Crippen LogP contribution is -2.49. The van der Waals surface area contributed by atoms with Crippen LogP contribution in [0, 0.1) is 17.2 Å². The normalized spacial score (nSPS) is 23.5. The van der Waals surface area contributed by atoms with Crippen molar-refractivity contribution in [1.82, 2.24) is 9.21 Å². The molecule has 22 heavy (non-hydrogen) atoms. The van der Waals surface area contributed by atoms with E-state index in [1.807, 2.05) is 13.1 Å². The minimum atomic E-state index is -3.71. The quantitative estimate of drug-likeness (QED) is 0.845. The van der Waals surface area contributed by atoms with Crippen LogP contribution in [-0.2, 0) is 10.0 Å². The fourth-order valence-electron chi connectivity index (χ4n) is 3.03. The molecule has 7 heteroatoms. The molecule has 1 saturated heterocycles. The van der Waals surface area contributed by atoms with Crippen molar-refractivity contribution in [2.24, 2.45) is 5.92 Å². The standard InChI is InChI=1S/C15H20ClN3O2S/c1-11-10-18(2)7-6-14(11)19(3)22(20,21)15-5-4-13(16)8-12(15)9-17/h4-5,8,11,14H,6-7,10H2,1-3H3/t11-,14-/m1/s1. The maximum absolute atomic E-state index is 12.9. The first kappa shape index (κ1) is 17.2. The molecule has 1 heterocycles. The van der Waals surface area contributed by atoms with Crippen LogP contribution in [0.5, 0.6) is 0 Å². The van der Waals surface area contributed by atoms with Crippen molar-refractivity contribution in [3.8, 4) is 6.07 Å². The number of rotatable bonds is 3. The summed E-state index contributed by atoms with van der Waals surface area (Å²) in [5.74, 6) is 0.233. The van der Waals surface area contributed by atoms with Gasteiger partial charge < -0.3 is 4.90 Å². The summed E-state index contributed by atoms with van der Waals surface area (Å²) in [5.41, 5.74) is 0.0833. The Morgan fingerprint density at radius 3 is 2.73 bits per heavy atom. The molecule has 0 aromatic heterocycles. The molecule has 0 radical (unpaired) electrons. The Kier molecular flexibility index (Phi) is 5.13. The minimum Gasteiger partial charge on any atom is -0.306 e. The molecule has 0 spiro atoms. The summed E-state index contributed by atoms with van der Waals surface area (Å²) >= 11 is 5.85. The highest BCUT2D eigenvalue weighted by atomic mass is 35.5. The SMILES string of the molecule is C[C@@H]1CN(C)CC[C@H]1N(C)S(=O)(=O)c1ccc(Cl)cc1C#N. The second-order valence-electron chi connectivity index (χ2n) is 5.87. The fraction of sp³-hybridized carbons (Fsp3) is 0.533. The predicted octanol–water partition coefficient (Wildman–Crippen LogP) is 2.17. The first-order chi connectivity index (χ1) is 10.3. The van der Waals surface area contributed by atoms with Crippen molar-refractivity contribution in [3.63, 3.8) is 0 Å². The molecule has 1 aliphatic heterocycles. The Hall–Kier alpha value is -1.13. The Labute approximate surface area is 137 Å². The first-order valence-electron chi connectivity index (χ1n) is 7.13. The third-order valence-corrected chi connectivity index (χ3v) is 6.43. The van der Waals surface area contributed by atoms with Gasteiger partial charge in [-0.2, -0.15) is 9.57 Å². The molecule has 0 unspecified atom stereocenters. The van der Waals surface area contributed by atoms with Gasteiger partial charge in [-0.05, 0) is 44.1 Å². The van der Waals surface area contributed by atoms with E-state index in [0.717, 1.165) is 19.5 Å². The van der Waals surface area contributed by atoms with Gasteiger partial charge in [0.05, 0.1) is 5.56 Å². The van der Waals surface area contributed by atoms with E-state index in [0.29, 0.717) is 5.02 Å². The molecule has 1 aliphatic rings. The van der Waals surface area contributed by atoms with Crippen LogP contribution in [-0.4, -0.2) is 50.8 Å². The molecular weight excluding hydrogens is 322 g/mol. The van der Waals surface area contributed by atoms with Crippen LogP contribution >= 0.6 is 11.6 Å². The summed E-state index contributed by atoms with van der Waals surface area (Å²) in [5, 5.41) is 9.54. The van der Waals surface area contributed by atoms with E-state index in [-0.39, 0.29) is 22.4 Å². The lowest BCUT2D eigenvalue weighted by molar-refractivity contribution is 0.139. The Morgan fingerprint density at radius 1 is 1.45 bits per heavy atom. The predicted molar refractivity (Wildman–Crippen MR) is 86.2 cm³/mol. The third kappa shape index (κ3) is 3.28. The van der Waals surface area contributed by atoms with E-state index in [1.54, 1.807) is 7.05 Å². The van der Waals surface area contributed by atoms with Crippen LogP contribution < -0.4 is 0 Å². The maximum atomic E-state index is 12.9. The number of benzene rings is 1. The molecular formula is C15H20ClN3O2S. The van der Waals surface area contributed by atoms with Crippen LogP contribution in [0.1, 0.15) is 18.9 Å². The fourth-order valence-corrected chi connectivity index (χ4v) is 4.80. The van der Waals surface area contributed by atoms with Gasteiger partial charge in [0.15, 0.2) is 0 Å². The molecule has 0 aliphatic carbocycles. The van der Waals surface area contributed by atoms with Gasteiger partial charge in [0, 0.05) is 24.7 Å². The van der Waals surface area contributed by atoms with E-state index in [4.69, 9.17) is 11.6 Å². The van der Waals surface area contributed by atoms with Gasteiger partial charge >= 0.3 is 0 Å². The van der Waals surface area contributed by atoms with E-state index in [2.05, 4.69) is 11.8 Å². The van der Waals surface area contributed by atoms with E-state index in [1.165, 1.54) is 22.5 Å². The van der Waals surface area contributed by atoms with Crippen molar-refractivity contribution >= 4 is 21.6 Å². The Balaban J connectivity index is 2.36. The van der Waals surface area contributed by atoms with Gasteiger partial charge in [0.1, 0.15) is 11.0 Å². The van der Waals surface area contributed by atoms with Crippen molar-refractivity contribution in [3.05, 3.63) is 28.8 Å². The molecule has 1 aromatic carbocycles. The molecule has 1 aromatic rings. The average Bonchev–Trinajstić information content (AvgIpc) is 2.46. The third-order valence-electron chi connectivity index (χ3n) is 4.25. The minimum absolute atomic E-state index is 0.0213. The molecule has 0 amide bonds. The number of likely N-dealkylation sites (tertiary alicyclic amines) is 1. The number of hydrogen-bond donors (Lipinski definition) is 0. The molecule has 0 N–H and O–H groups in total. The number of nitrogens with zero attached hydrogens (tertiary/aromatic N) is 3. The lowest BCUT2D eigenvalue weighted by Gasteiger charge is -2.39. The van der Waals surface area contributed by atoms with Gasteiger partial charge in [0.25, 0.3) is 0 Å². The second-order valence-corrected chi connectivity index (χ2v) is 8.27. The summed E-state index contributed by atoms with van der Waals surface area (Å²) in [6, 6.07) is 6.15. The maximum Gasteiger partial charge on any atom is 0.244 e. The van der Waals surface area contributed by atoms with Crippen LogP contribution in [0.15, 0.2) is 23.1 Å². The van der Waals surface area contributed by atoms with Gasteiger partial charge in [0.2, 0.25) is 10.0 Å². The summed E-state index contributed by atoms with van der Waals surface area (Å²) in [6.45, 7) is 3.77. The highest BCUT2D eigenvalue weighted by Crippen LogP contribution is 2.28. The number of nitriles is 1. The summed E-state index contributed by atoms with van der Waals surface area (Å²) < 4.78 is 27.1. The zero-order valence-electron chi connectivity index (χ0n) is 13.0. The molecule has 2 atom stereocenters. The van der Waals surface area contributed by atoms with Crippen LogP contribution in [0.3, 0.4) is 0 Å². The molecule has 5 nitrogen and oxygen atoms in total. The van der Waals surface area contributed by atoms with Crippen LogP contribution in [0.2, 0.25) is 5.02 Å². The van der Waals surface area contributed by atoms with Crippen molar-refractivity contribution in [2.45, 2.75) is 24.3 Å². The summed E-state index contributed by atoms with van der Waals surface area (Å²) in [6.07, 6.45) is 0.781. The number of piperidine rings is 1. The van der Waals surface area contributed by atoms with Gasteiger partial charge in [-0.1, -0.05) is 18.5 Å². The van der Waals surface area contributed by atoms with E-state index >= 15 is 0 Å². The zero-order chi connectivity index (χ0) is 16.5. The smallest absolute Gasteiger partial charge is 0.244 e. The lowest BCUT2D eigenvalue weighted by atomic mass is 9.94. The Morgan fingerprint density at radius 2 is 2.14 bits per heavy atom. The number of halogens is 1. The van der Waals surface area contributed by atoms with Crippen LogP contribution in [0.25, 0.3) is 0 Å². The monoisotopic (exact) mass is 341 g/mol. The highest BCUT2D eigenvalue weighted by molar-refractivity contribution is 7.89. The van der Waals surface area contributed by atoms with E-state index in [9.17, 15) is 13.7 Å². The van der Waals surface area contributed by atoms with Crippen LogP contribution in [0.4, 0.5) is 0 Å². The van der Waals surface area contributed by atoms with Gasteiger partial charge in [-0.15, -0.1) is 0 Å². The van der Waals surface area contributed by atoms with Gasteiger partial charge in [-0.25, -0.2) is 8.42 Å². The molecule has 2 rings (SSSR count). The largest absolute Gasteiger partial charge is 0.306 e. The molecule has 1 fully saturated rings. The zero-order valence-corrected chi connectivity index (χ0v) is 14.5.